The quantitative estimate of drug-likeness (QED) is 0.484. The zero-order valence-corrected chi connectivity index (χ0v) is 19.3. The molecule has 1 aliphatic rings. The summed E-state index contributed by atoms with van der Waals surface area (Å²) >= 11 is 7.31. The van der Waals surface area contributed by atoms with Crippen molar-refractivity contribution in [3.63, 3.8) is 0 Å². The van der Waals surface area contributed by atoms with E-state index < -0.39 is 17.8 Å². The van der Waals surface area contributed by atoms with Gasteiger partial charge in [0, 0.05) is 27.6 Å². The van der Waals surface area contributed by atoms with E-state index in [9.17, 15) is 15.3 Å². The molecule has 0 radical (unpaired) electrons. The van der Waals surface area contributed by atoms with Crippen molar-refractivity contribution in [1.82, 2.24) is 4.98 Å². The highest BCUT2D eigenvalue weighted by Crippen LogP contribution is 2.40. The van der Waals surface area contributed by atoms with E-state index in [1.54, 1.807) is 38.3 Å². The molecule has 2 heterocycles. The third-order valence-electron chi connectivity index (χ3n) is 5.49. The molecule has 0 saturated heterocycles. The van der Waals surface area contributed by atoms with E-state index in [1.807, 2.05) is 41.8 Å². The summed E-state index contributed by atoms with van der Waals surface area (Å²) in [6, 6.07) is 18.4. The second-order valence-corrected chi connectivity index (χ2v) is 8.70. The monoisotopic (exact) mass is 475 g/mol. The number of carbonyl (C=O) groups is 1. The molecular weight excluding hydrogens is 458 g/mol. The van der Waals surface area contributed by atoms with Crippen molar-refractivity contribution in [3.8, 4) is 29.1 Å². The fourth-order valence-electron chi connectivity index (χ4n) is 3.84. The Morgan fingerprint density at radius 3 is 2.39 bits per heavy atom. The van der Waals surface area contributed by atoms with Crippen LogP contribution in [0.15, 0.2) is 59.0 Å². The largest absolute Gasteiger partial charge is 0.497 e. The molecule has 33 heavy (non-hydrogen) atoms. The van der Waals surface area contributed by atoms with Gasteiger partial charge in [0.05, 0.1) is 30.9 Å². The SMILES string of the molecule is COc1ccc(-c2csc(N3N=C(C)[C@@H]([C@H](c4ccc(Cl)cc4)C(C#N)C#N)C3=O)n2)cc1. The summed E-state index contributed by atoms with van der Waals surface area (Å²) in [6.07, 6.45) is 0. The van der Waals surface area contributed by atoms with Crippen LogP contribution in [0, 0.1) is 34.5 Å². The molecule has 1 aromatic heterocycles. The minimum absolute atomic E-state index is 0.321. The van der Waals surface area contributed by atoms with Gasteiger partial charge in [-0.1, -0.05) is 23.7 Å². The number of ether oxygens (including phenoxy) is 1. The fraction of sp³-hybridized carbons (Fsp3) is 0.208. The van der Waals surface area contributed by atoms with Gasteiger partial charge in [0.1, 0.15) is 11.7 Å². The highest BCUT2D eigenvalue weighted by Gasteiger charge is 2.45. The molecule has 2 atom stereocenters. The maximum Gasteiger partial charge on any atom is 0.259 e. The summed E-state index contributed by atoms with van der Waals surface area (Å²) in [4.78, 5) is 18.1. The van der Waals surface area contributed by atoms with Gasteiger partial charge < -0.3 is 4.74 Å². The van der Waals surface area contributed by atoms with Crippen LogP contribution in [0.1, 0.15) is 18.4 Å². The first kappa shape index (κ1) is 22.5. The van der Waals surface area contributed by atoms with Crippen LogP contribution in [0.5, 0.6) is 5.75 Å². The molecule has 0 fully saturated rings. The normalized spacial score (nSPS) is 16.3. The van der Waals surface area contributed by atoms with E-state index in [-0.39, 0.29) is 5.91 Å². The number of benzene rings is 2. The van der Waals surface area contributed by atoms with E-state index in [0.29, 0.717) is 27.1 Å². The molecule has 7 nitrogen and oxygen atoms in total. The number of carbonyl (C=O) groups excluding carboxylic acids is 1. The molecule has 1 aliphatic heterocycles. The van der Waals surface area contributed by atoms with Gasteiger partial charge in [-0.25, -0.2) is 4.98 Å². The Bertz CT molecular complexity index is 1270. The topological polar surface area (TPSA) is 102 Å². The number of nitriles is 2. The van der Waals surface area contributed by atoms with Gasteiger partial charge in [-0.2, -0.15) is 20.6 Å². The smallest absolute Gasteiger partial charge is 0.259 e. The molecule has 0 saturated carbocycles. The van der Waals surface area contributed by atoms with Gasteiger partial charge in [0.2, 0.25) is 5.13 Å². The summed E-state index contributed by atoms with van der Waals surface area (Å²) in [5, 5.41) is 27.8. The molecule has 0 N–H and O–H groups in total. The maximum atomic E-state index is 13.5. The Morgan fingerprint density at radius 2 is 1.79 bits per heavy atom. The van der Waals surface area contributed by atoms with Crippen LogP contribution < -0.4 is 9.75 Å². The standard InChI is InChI=1S/C24H18ClN5O2S/c1-14-21(22(17(11-26)12-27)16-3-7-18(25)8-4-16)23(31)30(29-14)24-28-20(13-33-24)15-5-9-19(32-2)10-6-15/h3-10,13,17,21-22H,1-2H3/t21-,22+/m0/s1. The average Bonchev–Trinajstić information content (AvgIpc) is 3.43. The highest BCUT2D eigenvalue weighted by atomic mass is 35.5. The minimum atomic E-state index is -1.03. The summed E-state index contributed by atoms with van der Waals surface area (Å²) in [5.41, 5.74) is 2.80. The van der Waals surface area contributed by atoms with Gasteiger partial charge >= 0.3 is 0 Å². The number of hydrogen-bond acceptors (Lipinski definition) is 7. The van der Waals surface area contributed by atoms with Gasteiger partial charge in [-0.15, -0.1) is 11.3 Å². The van der Waals surface area contributed by atoms with E-state index in [1.165, 1.54) is 16.3 Å². The lowest BCUT2D eigenvalue weighted by molar-refractivity contribution is -0.120. The van der Waals surface area contributed by atoms with Crippen molar-refractivity contribution in [2.45, 2.75) is 12.8 Å². The number of methoxy groups -OCH3 is 1. The molecule has 2 aromatic carbocycles. The molecule has 0 unspecified atom stereocenters. The van der Waals surface area contributed by atoms with Crippen LogP contribution >= 0.6 is 22.9 Å². The number of nitrogens with zero attached hydrogens (tertiary/aromatic N) is 5. The first-order valence-corrected chi connectivity index (χ1v) is 11.3. The Hall–Kier alpha value is -3.72. The lowest BCUT2D eigenvalue weighted by Gasteiger charge is -2.24. The molecule has 164 valence electrons. The zero-order valence-electron chi connectivity index (χ0n) is 17.8. The van der Waals surface area contributed by atoms with Crippen LogP contribution in [0.3, 0.4) is 0 Å². The molecule has 0 aliphatic carbocycles. The second-order valence-electron chi connectivity index (χ2n) is 7.43. The highest BCUT2D eigenvalue weighted by molar-refractivity contribution is 7.14. The minimum Gasteiger partial charge on any atom is -0.497 e. The van der Waals surface area contributed by atoms with E-state index in [0.717, 1.165) is 11.3 Å². The summed E-state index contributed by atoms with van der Waals surface area (Å²) in [6.45, 7) is 1.73. The van der Waals surface area contributed by atoms with E-state index in [4.69, 9.17) is 16.3 Å². The third-order valence-corrected chi connectivity index (χ3v) is 6.56. The van der Waals surface area contributed by atoms with Gasteiger partial charge in [0.15, 0.2) is 0 Å². The van der Waals surface area contributed by atoms with Gasteiger partial charge in [0.25, 0.3) is 5.91 Å². The third kappa shape index (κ3) is 4.31. The van der Waals surface area contributed by atoms with Crippen molar-refractivity contribution in [1.29, 1.82) is 10.5 Å². The molecule has 0 bridgehead atoms. The van der Waals surface area contributed by atoms with E-state index >= 15 is 0 Å². The van der Waals surface area contributed by atoms with Crippen LogP contribution in [-0.2, 0) is 4.79 Å². The van der Waals surface area contributed by atoms with Gasteiger partial charge in [-0.05, 0) is 48.9 Å². The van der Waals surface area contributed by atoms with E-state index in [2.05, 4.69) is 10.1 Å². The Labute approximate surface area is 200 Å². The Balaban J connectivity index is 1.66. The molecule has 9 heteroatoms. The first-order chi connectivity index (χ1) is 16.0. The van der Waals surface area contributed by atoms with Crippen LogP contribution in [0.25, 0.3) is 11.3 Å². The summed E-state index contributed by atoms with van der Waals surface area (Å²) < 4.78 is 5.19. The lowest BCUT2D eigenvalue weighted by atomic mass is 9.76. The Morgan fingerprint density at radius 1 is 1.12 bits per heavy atom. The molecule has 0 spiro atoms. The Kier molecular flexibility index (Phi) is 6.41. The predicted molar refractivity (Wildman–Crippen MR) is 127 cm³/mol. The number of thiazole rings is 1. The molecule has 3 aromatic rings. The average molecular weight is 476 g/mol. The number of aromatic nitrogens is 1. The fourth-order valence-corrected chi connectivity index (χ4v) is 4.75. The van der Waals surface area contributed by atoms with Crippen molar-refractivity contribution in [2.24, 2.45) is 16.9 Å². The predicted octanol–water partition coefficient (Wildman–Crippen LogP) is 5.26. The summed E-state index contributed by atoms with van der Waals surface area (Å²) in [5.74, 6) is -2.05. The molecule has 4 rings (SSSR count). The lowest BCUT2D eigenvalue weighted by Crippen LogP contribution is -2.34. The van der Waals surface area contributed by atoms with Crippen molar-refractivity contribution < 1.29 is 9.53 Å². The number of amides is 1. The summed E-state index contributed by atoms with van der Waals surface area (Å²) in [7, 11) is 1.60. The van der Waals surface area contributed by atoms with Gasteiger partial charge in [-0.3, -0.25) is 4.79 Å². The molecule has 1 amide bonds. The number of anilines is 1. The number of hydrazone groups is 1. The van der Waals surface area contributed by atoms with Crippen LogP contribution in [0.2, 0.25) is 5.02 Å². The van der Waals surface area contributed by atoms with Crippen LogP contribution in [0.4, 0.5) is 5.13 Å². The second kappa shape index (κ2) is 9.41. The molecular formula is C24H18ClN5O2S. The van der Waals surface area contributed by atoms with Crippen molar-refractivity contribution >= 4 is 39.7 Å². The number of hydrogen-bond donors (Lipinski definition) is 0. The number of halogens is 1. The number of rotatable bonds is 6. The van der Waals surface area contributed by atoms with Crippen molar-refractivity contribution in [3.05, 3.63) is 64.5 Å². The first-order valence-electron chi connectivity index (χ1n) is 10.0. The zero-order chi connectivity index (χ0) is 23.5. The maximum absolute atomic E-state index is 13.5. The van der Waals surface area contributed by atoms with Crippen LogP contribution in [-0.4, -0.2) is 23.7 Å². The van der Waals surface area contributed by atoms with Crippen molar-refractivity contribution in [2.75, 3.05) is 12.1 Å².